The second kappa shape index (κ2) is 8.16. The highest BCUT2D eigenvalue weighted by molar-refractivity contribution is 6.09. The minimum atomic E-state index is -0.611. The smallest absolute Gasteiger partial charge is 0.331 e. The van der Waals surface area contributed by atoms with Crippen LogP contribution >= 0.6 is 0 Å². The molecule has 0 aromatic heterocycles. The van der Waals surface area contributed by atoms with Crippen LogP contribution in [0.1, 0.15) is 66.8 Å². The molecule has 0 unspecified atom stereocenters. The Labute approximate surface area is 211 Å². The van der Waals surface area contributed by atoms with Crippen LogP contribution in [0.15, 0.2) is 72.8 Å². The van der Waals surface area contributed by atoms with Crippen LogP contribution in [-0.4, -0.2) is 29.2 Å². The molecule has 3 aromatic carbocycles. The summed E-state index contributed by atoms with van der Waals surface area (Å²) in [5.74, 6) is -2.10. The monoisotopic (exact) mass is 479 g/mol. The van der Waals surface area contributed by atoms with Crippen LogP contribution in [0.2, 0.25) is 0 Å². The predicted octanol–water partition coefficient (Wildman–Crippen LogP) is 5.17. The summed E-state index contributed by atoms with van der Waals surface area (Å²) in [6.07, 6.45) is 0.989. The average molecular weight is 480 g/mol. The quantitative estimate of drug-likeness (QED) is 0.288. The summed E-state index contributed by atoms with van der Waals surface area (Å²) in [6.45, 7) is 6.10. The first-order chi connectivity index (χ1) is 17.3. The molecule has 7 rings (SSSR count). The maximum atomic E-state index is 13.6. The van der Waals surface area contributed by atoms with Gasteiger partial charge in [-0.2, -0.15) is 0 Å². The Morgan fingerprint density at radius 1 is 0.778 bits per heavy atom. The van der Waals surface area contributed by atoms with Gasteiger partial charge in [-0.05, 0) is 51.8 Å². The van der Waals surface area contributed by atoms with Crippen LogP contribution in [0.5, 0.6) is 5.75 Å². The molecule has 0 N–H and O–H groups in total. The van der Waals surface area contributed by atoms with E-state index in [1.54, 1.807) is 12.1 Å². The summed E-state index contributed by atoms with van der Waals surface area (Å²) in [6, 6.07) is 23.7. The lowest BCUT2D eigenvalue weighted by Crippen LogP contribution is -2.41. The minimum Gasteiger partial charge on any atom is -0.425 e. The van der Waals surface area contributed by atoms with Gasteiger partial charge in [-0.25, -0.2) is 4.79 Å². The molecule has 2 atom stereocenters. The number of esters is 1. The molecular weight excluding hydrogens is 450 g/mol. The minimum absolute atomic E-state index is 0.0295. The number of nitrogens with zero attached hydrogens (tertiary/aromatic N) is 1. The molecule has 36 heavy (non-hydrogen) atoms. The van der Waals surface area contributed by atoms with Gasteiger partial charge in [0.05, 0.1) is 11.8 Å². The van der Waals surface area contributed by atoms with Gasteiger partial charge >= 0.3 is 5.97 Å². The number of hydrogen-bond acceptors (Lipinski definition) is 4. The van der Waals surface area contributed by atoms with Crippen LogP contribution < -0.4 is 4.74 Å². The number of likely N-dealkylation sites (tertiary alicyclic amines) is 1. The highest BCUT2D eigenvalue weighted by Gasteiger charge is 2.61. The van der Waals surface area contributed by atoms with Crippen LogP contribution in [-0.2, 0) is 19.8 Å². The standard InChI is InChI=1S/C31H29NO4/c1-4-31(2,3)18-13-15-19(16-14-18)36-24(33)17-32-29(34)27-25-20-9-5-6-10-21(20)26(28(27)30(32)35)23-12-8-7-11-22(23)25/h5-16,25-28H,4,17H2,1-3H3/t25?,26?,27-,28-/m0/s1. The highest BCUT2D eigenvalue weighted by atomic mass is 16.5. The maximum Gasteiger partial charge on any atom is 0.331 e. The van der Waals surface area contributed by atoms with Crippen molar-refractivity contribution in [2.24, 2.45) is 11.8 Å². The third kappa shape index (κ3) is 3.25. The lowest BCUT2D eigenvalue weighted by Gasteiger charge is -2.45. The molecule has 0 radical (unpaired) electrons. The van der Waals surface area contributed by atoms with E-state index in [-0.39, 0.29) is 35.6 Å². The fourth-order valence-electron chi connectivity index (χ4n) is 6.37. The number of benzene rings is 3. The lowest BCUT2D eigenvalue weighted by molar-refractivity contribution is -0.148. The Kier molecular flexibility index (Phi) is 5.15. The summed E-state index contributed by atoms with van der Waals surface area (Å²) in [5.41, 5.74) is 5.65. The van der Waals surface area contributed by atoms with E-state index >= 15 is 0 Å². The zero-order valence-electron chi connectivity index (χ0n) is 20.7. The van der Waals surface area contributed by atoms with Gasteiger partial charge in [0.2, 0.25) is 11.8 Å². The molecule has 2 amide bonds. The number of ether oxygens (including phenoxy) is 1. The Hall–Kier alpha value is -3.73. The maximum absolute atomic E-state index is 13.6. The van der Waals surface area contributed by atoms with E-state index in [2.05, 4.69) is 45.0 Å². The predicted molar refractivity (Wildman–Crippen MR) is 136 cm³/mol. The van der Waals surface area contributed by atoms with Gasteiger partial charge in [0, 0.05) is 11.8 Å². The molecule has 3 aliphatic carbocycles. The van der Waals surface area contributed by atoms with Crippen molar-refractivity contribution in [3.05, 3.63) is 101 Å². The normalized spacial score (nSPS) is 23.8. The van der Waals surface area contributed by atoms with E-state index < -0.39 is 17.8 Å². The van der Waals surface area contributed by atoms with Crippen molar-refractivity contribution in [2.75, 3.05) is 6.54 Å². The van der Waals surface area contributed by atoms with Gasteiger partial charge in [-0.3, -0.25) is 14.5 Å². The van der Waals surface area contributed by atoms with Crippen molar-refractivity contribution >= 4 is 17.8 Å². The lowest BCUT2D eigenvalue weighted by atomic mass is 9.55. The summed E-state index contributed by atoms with van der Waals surface area (Å²) >= 11 is 0. The largest absolute Gasteiger partial charge is 0.425 e. The number of rotatable bonds is 5. The van der Waals surface area contributed by atoms with Gasteiger partial charge in [0.1, 0.15) is 12.3 Å². The molecule has 2 bridgehead atoms. The molecule has 1 heterocycles. The number of amides is 2. The molecule has 1 saturated heterocycles. The van der Waals surface area contributed by atoms with E-state index in [9.17, 15) is 14.4 Å². The fraction of sp³-hybridized carbons (Fsp3) is 0.323. The first-order valence-electron chi connectivity index (χ1n) is 12.7. The second-order valence-electron chi connectivity index (χ2n) is 10.8. The van der Waals surface area contributed by atoms with Crippen molar-refractivity contribution in [3.63, 3.8) is 0 Å². The van der Waals surface area contributed by atoms with Crippen LogP contribution in [0.3, 0.4) is 0 Å². The Morgan fingerprint density at radius 3 is 1.64 bits per heavy atom. The second-order valence-corrected chi connectivity index (χ2v) is 10.8. The summed E-state index contributed by atoms with van der Waals surface area (Å²) in [5, 5.41) is 0. The third-order valence-corrected chi connectivity index (χ3v) is 8.58. The van der Waals surface area contributed by atoms with E-state index in [0.29, 0.717) is 5.75 Å². The molecule has 5 heteroatoms. The zero-order chi connectivity index (χ0) is 25.2. The molecule has 4 aliphatic rings. The highest BCUT2D eigenvalue weighted by Crippen LogP contribution is 2.60. The van der Waals surface area contributed by atoms with E-state index in [1.165, 1.54) is 0 Å². The number of hydrogen-bond donors (Lipinski definition) is 0. The first-order valence-corrected chi connectivity index (χ1v) is 12.7. The van der Waals surface area contributed by atoms with Gasteiger partial charge in [-0.1, -0.05) is 81.4 Å². The van der Waals surface area contributed by atoms with Crippen molar-refractivity contribution in [3.8, 4) is 5.75 Å². The summed E-state index contributed by atoms with van der Waals surface area (Å²) in [4.78, 5) is 41.2. The van der Waals surface area contributed by atoms with E-state index in [0.717, 1.165) is 39.1 Å². The van der Waals surface area contributed by atoms with Crippen LogP contribution in [0.25, 0.3) is 0 Å². The summed E-state index contributed by atoms with van der Waals surface area (Å²) in [7, 11) is 0. The Morgan fingerprint density at radius 2 is 1.22 bits per heavy atom. The molecular formula is C31H29NO4. The van der Waals surface area contributed by atoms with Gasteiger partial charge in [0.25, 0.3) is 0 Å². The van der Waals surface area contributed by atoms with Gasteiger partial charge in [-0.15, -0.1) is 0 Å². The first kappa shape index (κ1) is 22.7. The third-order valence-electron chi connectivity index (χ3n) is 8.58. The topological polar surface area (TPSA) is 63.7 Å². The molecule has 0 saturated carbocycles. The van der Waals surface area contributed by atoms with E-state index in [1.807, 2.05) is 36.4 Å². The SMILES string of the molecule is CCC(C)(C)c1ccc(OC(=O)CN2C(=O)[C@H]3C4c5ccccc5C(c5ccccc54)[C@@H]3C2=O)cc1. The Bertz CT molecular complexity index is 1270. The van der Waals surface area contributed by atoms with Gasteiger partial charge < -0.3 is 4.74 Å². The average Bonchev–Trinajstić information content (AvgIpc) is 3.14. The molecule has 0 spiro atoms. The summed E-state index contributed by atoms with van der Waals surface area (Å²) < 4.78 is 5.54. The van der Waals surface area contributed by atoms with Crippen molar-refractivity contribution in [2.45, 2.75) is 44.4 Å². The molecule has 3 aromatic rings. The van der Waals surface area contributed by atoms with Gasteiger partial charge in [0.15, 0.2) is 0 Å². The van der Waals surface area contributed by atoms with Crippen molar-refractivity contribution in [1.29, 1.82) is 0 Å². The number of carbonyl (C=O) groups excluding carboxylic acids is 3. The van der Waals surface area contributed by atoms with Crippen molar-refractivity contribution in [1.82, 2.24) is 4.90 Å². The fourth-order valence-corrected chi connectivity index (χ4v) is 6.37. The number of imide groups is 1. The zero-order valence-corrected chi connectivity index (χ0v) is 20.7. The van der Waals surface area contributed by atoms with Crippen LogP contribution in [0.4, 0.5) is 0 Å². The number of carbonyl (C=O) groups is 3. The van der Waals surface area contributed by atoms with Crippen molar-refractivity contribution < 1.29 is 19.1 Å². The molecule has 182 valence electrons. The van der Waals surface area contributed by atoms with Crippen LogP contribution in [0, 0.1) is 11.8 Å². The molecule has 5 nitrogen and oxygen atoms in total. The Balaban J connectivity index is 1.26. The molecule has 1 fully saturated rings. The molecule has 1 aliphatic heterocycles. The van der Waals surface area contributed by atoms with E-state index in [4.69, 9.17) is 4.74 Å².